The van der Waals surface area contributed by atoms with Crippen molar-refractivity contribution in [2.75, 3.05) is 23.3 Å². The summed E-state index contributed by atoms with van der Waals surface area (Å²) in [6.07, 6.45) is 5.24. The zero-order valence-electron chi connectivity index (χ0n) is 12.5. The number of aromatic nitrogens is 1. The summed E-state index contributed by atoms with van der Waals surface area (Å²) in [5, 5.41) is 3.32. The number of nitrogens with one attached hydrogen (secondary N) is 1. The molecule has 2 heterocycles. The molecule has 1 aromatic carbocycles. The van der Waals surface area contributed by atoms with Crippen molar-refractivity contribution in [3.05, 3.63) is 53.7 Å². The van der Waals surface area contributed by atoms with E-state index >= 15 is 0 Å². The maximum atomic E-state index is 12.7. The van der Waals surface area contributed by atoms with Crippen molar-refractivity contribution in [2.45, 2.75) is 19.3 Å². The number of hydrogen-bond acceptors (Lipinski definition) is 3. The van der Waals surface area contributed by atoms with Gasteiger partial charge in [0.05, 0.1) is 5.56 Å². The average molecular weight is 293 g/mol. The number of para-hydroxylation sites is 1. The molecule has 0 bridgehead atoms. The molecule has 1 fully saturated rings. The zero-order valence-corrected chi connectivity index (χ0v) is 12.5. The lowest BCUT2D eigenvalue weighted by atomic mass is 10.2. The second kappa shape index (κ2) is 5.44. The average Bonchev–Trinajstić information content (AvgIpc) is 3.30. The summed E-state index contributed by atoms with van der Waals surface area (Å²) in [6, 6.07) is 11.9. The number of rotatable bonds is 4. The number of benzene rings is 1. The molecular weight excluding hydrogens is 274 g/mol. The summed E-state index contributed by atoms with van der Waals surface area (Å²) in [5.41, 5.74) is 2.92. The first-order valence-corrected chi connectivity index (χ1v) is 7.91. The number of hydrogen-bond donors (Lipinski definition) is 1. The van der Waals surface area contributed by atoms with Crippen molar-refractivity contribution in [3.8, 4) is 0 Å². The summed E-state index contributed by atoms with van der Waals surface area (Å²) in [7, 11) is 0. The van der Waals surface area contributed by atoms with Crippen LogP contribution in [0.15, 0.2) is 42.6 Å². The van der Waals surface area contributed by atoms with Gasteiger partial charge in [-0.15, -0.1) is 0 Å². The number of nitrogens with zero attached hydrogens (tertiary/aromatic N) is 2. The third-order valence-electron chi connectivity index (χ3n) is 4.41. The smallest absolute Gasteiger partial charge is 0.259 e. The van der Waals surface area contributed by atoms with Crippen molar-refractivity contribution in [1.82, 2.24) is 4.98 Å². The molecular formula is C18H19N3O. The highest BCUT2D eigenvalue weighted by atomic mass is 16.2. The quantitative estimate of drug-likeness (QED) is 0.942. The molecule has 0 spiro atoms. The monoisotopic (exact) mass is 293 g/mol. The first kappa shape index (κ1) is 13.3. The maximum Gasteiger partial charge on any atom is 0.259 e. The molecule has 0 saturated heterocycles. The molecule has 2 aromatic rings. The molecule has 4 heteroatoms. The summed E-state index contributed by atoms with van der Waals surface area (Å²) < 4.78 is 0. The van der Waals surface area contributed by atoms with Gasteiger partial charge in [-0.3, -0.25) is 4.79 Å². The number of pyridine rings is 1. The van der Waals surface area contributed by atoms with E-state index in [0.29, 0.717) is 5.56 Å². The molecule has 4 rings (SSSR count). The predicted molar refractivity (Wildman–Crippen MR) is 87.3 cm³/mol. The fraction of sp³-hybridized carbons (Fsp3) is 0.333. The second-order valence-corrected chi connectivity index (χ2v) is 6.09. The van der Waals surface area contributed by atoms with Crippen molar-refractivity contribution >= 4 is 17.4 Å². The molecule has 1 amide bonds. The van der Waals surface area contributed by atoms with E-state index in [4.69, 9.17) is 0 Å². The Kier molecular flexibility index (Phi) is 3.29. The first-order valence-electron chi connectivity index (χ1n) is 7.91. The molecule has 112 valence electrons. The third-order valence-corrected chi connectivity index (χ3v) is 4.41. The summed E-state index contributed by atoms with van der Waals surface area (Å²) >= 11 is 0. The van der Waals surface area contributed by atoms with Gasteiger partial charge < -0.3 is 10.2 Å². The van der Waals surface area contributed by atoms with Gasteiger partial charge in [-0.1, -0.05) is 18.2 Å². The van der Waals surface area contributed by atoms with Crippen LogP contribution in [0.3, 0.4) is 0 Å². The van der Waals surface area contributed by atoms with E-state index in [2.05, 4.69) is 16.4 Å². The fourth-order valence-electron chi connectivity index (χ4n) is 2.90. The molecule has 1 aliphatic heterocycles. The third kappa shape index (κ3) is 2.56. The predicted octanol–water partition coefficient (Wildman–Crippen LogP) is 3.11. The number of amides is 1. The van der Waals surface area contributed by atoms with Crippen LogP contribution >= 0.6 is 0 Å². The van der Waals surface area contributed by atoms with Crippen LogP contribution in [0.1, 0.15) is 28.8 Å². The summed E-state index contributed by atoms with van der Waals surface area (Å²) in [6.45, 7) is 1.74. The summed E-state index contributed by atoms with van der Waals surface area (Å²) in [5.74, 6) is 1.70. The Bertz CT molecular complexity index is 692. The van der Waals surface area contributed by atoms with E-state index in [1.54, 1.807) is 6.20 Å². The molecule has 1 aromatic heterocycles. The Morgan fingerprint density at radius 3 is 2.86 bits per heavy atom. The van der Waals surface area contributed by atoms with E-state index in [1.807, 2.05) is 35.2 Å². The van der Waals surface area contributed by atoms with E-state index in [9.17, 15) is 4.79 Å². The SMILES string of the molecule is O=C(c1ccc(NCC2CC2)nc1)N1CCc2ccccc21. The number of carbonyl (C=O) groups excluding carboxylic acids is 1. The normalized spacial score (nSPS) is 16.5. The van der Waals surface area contributed by atoms with Gasteiger partial charge >= 0.3 is 0 Å². The molecule has 4 nitrogen and oxygen atoms in total. The number of carbonyl (C=O) groups is 1. The topological polar surface area (TPSA) is 45.2 Å². The van der Waals surface area contributed by atoms with Crippen molar-refractivity contribution in [2.24, 2.45) is 5.92 Å². The van der Waals surface area contributed by atoms with Crippen LogP contribution in [-0.4, -0.2) is 24.0 Å². The summed E-state index contributed by atoms with van der Waals surface area (Å²) in [4.78, 5) is 18.9. The van der Waals surface area contributed by atoms with Crippen molar-refractivity contribution in [1.29, 1.82) is 0 Å². The van der Waals surface area contributed by atoms with Crippen LogP contribution in [0.25, 0.3) is 0 Å². The Hall–Kier alpha value is -2.36. The highest BCUT2D eigenvalue weighted by Gasteiger charge is 2.25. The van der Waals surface area contributed by atoms with Gasteiger partial charge in [-0.2, -0.15) is 0 Å². The molecule has 0 atom stereocenters. The Balaban J connectivity index is 1.48. The van der Waals surface area contributed by atoms with Crippen LogP contribution < -0.4 is 10.2 Å². The minimum Gasteiger partial charge on any atom is -0.370 e. The van der Waals surface area contributed by atoms with Gasteiger partial charge in [0.2, 0.25) is 0 Å². The molecule has 1 aliphatic carbocycles. The first-order chi connectivity index (χ1) is 10.8. The largest absolute Gasteiger partial charge is 0.370 e. The van der Waals surface area contributed by atoms with E-state index in [0.717, 1.165) is 36.9 Å². The maximum absolute atomic E-state index is 12.7. The lowest BCUT2D eigenvalue weighted by molar-refractivity contribution is 0.0989. The Labute approximate surface area is 130 Å². The van der Waals surface area contributed by atoms with Crippen LogP contribution in [0.5, 0.6) is 0 Å². The molecule has 1 saturated carbocycles. The van der Waals surface area contributed by atoms with Crippen LogP contribution in [-0.2, 0) is 6.42 Å². The lowest BCUT2D eigenvalue weighted by Crippen LogP contribution is -2.28. The highest BCUT2D eigenvalue weighted by Crippen LogP contribution is 2.30. The van der Waals surface area contributed by atoms with Gasteiger partial charge in [0.25, 0.3) is 5.91 Å². The van der Waals surface area contributed by atoms with E-state index in [1.165, 1.54) is 18.4 Å². The minimum atomic E-state index is 0.0335. The van der Waals surface area contributed by atoms with E-state index in [-0.39, 0.29) is 5.91 Å². The molecule has 22 heavy (non-hydrogen) atoms. The van der Waals surface area contributed by atoms with Crippen molar-refractivity contribution < 1.29 is 4.79 Å². The lowest BCUT2D eigenvalue weighted by Gasteiger charge is -2.17. The van der Waals surface area contributed by atoms with Gasteiger partial charge in [0.15, 0.2) is 0 Å². The van der Waals surface area contributed by atoms with Gasteiger partial charge in [0.1, 0.15) is 5.82 Å². The standard InChI is InChI=1S/C18H19N3O/c22-18(21-10-9-14-3-1-2-4-16(14)21)15-7-8-17(20-12-15)19-11-13-5-6-13/h1-4,7-8,12-13H,5-6,9-11H2,(H,19,20). The van der Waals surface area contributed by atoms with Gasteiger partial charge in [-0.25, -0.2) is 4.98 Å². The molecule has 0 unspecified atom stereocenters. The number of fused-ring (bicyclic) bond motifs is 1. The second-order valence-electron chi connectivity index (χ2n) is 6.09. The number of anilines is 2. The fourth-order valence-corrected chi connectivity index (χ4v) is 2.90. The van der Waals surface area contributed by atoms with Crippen LogP contribution in [0, 0.1) is 5.92 Å². The van der Waals surface area contributed by atoms with E-state index < -0.39 is 0 Å². The Morgan fingerprint density at radius 2 is 2.09 bits per heavy atom. The van der Waals surface area contributed by atoms with Gasteiger partial charge in [0, 0.05) is 25.0 Å². The molecule has 1 N–H and O–H groups in total. The van der Waals surface area contributed by atoms with Crippen molar-refractivity contribution in [3.63, 3.8) is 0 Å². The Morgan fingerprint density at radius 1 is 1.23 bits per heavy atom. The minimum absolute atomic E-state index is 0.0335. The molecule has 2 aliphatic rings. The zero-order chi connectivity index (χ0) is 14.9. The molecule has 0 radical (unpaired) electrons. The van der Waals surface area contributed by atoms with Crippen LogP contribution in [0.2, 0.25) is 0 Å². The highest BCUT2D eigenvalue weighted by molar-refractivity contribution is 6.07. The van der Waals surface area contributed by atoms with Gasteiger partial charge in [-0.05, 0) is 48.9 Å². The van der Waals surface area contributed by atoms with Crippen LogP contribution in [0.4, 0.5) is 11.5 Å².